The van der Waals surface area contributed by atoms with E-state index in [1.54, 1.807) is 0 Å². The fraction of sp³-hybridized carbons (Fsp3) is 0.333. The molecule has 0 aliphatic carbocycles. The van der Waals surface area contributed by atoms with Crippen LogP contribution in [-0.4, -0.2) is 42.0 Å². The van der Waals surface area contributed by atoms with Gasteiger partial charge in [0.1, 0.15) is 23.9 Å². The monoisotopic (exact) mass is 356 g/mol. The Kier molecular flexibility index (Phi) is 5.31. The summed E-state index contributed by atoms with van der Waals surface area (Å²) in [6.07, 6.45) is 0.407. The van der Waals surface area contributed by atoms with E-state index >= 15 is 0 Å². The summed E-state index contributed by atoms with van der Waals surface area (Å²) in [6.45, 7) is 2.56. The lowest BCUT2D eigenvalue weighted by Gasteiger charge is -2.11. The number of carbonyl (C=O) groups excluding carboxylic acids is 3. The number of para-hydroxylation sites is 1. The number of hydrogen-bond acceptors (Lipinski definition) is 5. The molecule has 1 saturated heterocycles. The van der Waals surface area contributed by atoms with Crippen molar-refractivity contribution >= 4 is 28.7 Å². The minimum atomic E-state index is -0.644. The van der Waals surface area contributed by atoms with Crippen molar-refractivity contribution in [2.75, 3.05) is 13.2 Å². The predicted octanol–water partition coefficient (Wildman–Crippen LogP) is 1.03. The fourth-order valence-electron chi connectivity index (χ4n) is 2.71. The molecule has 1 atom stereocenters. The summed E-state index contributed by atoms with van der Waals surface area (Å²) < 4.78 is 5.74. The van der Waals surface area contributed by atoms with Crippen LogP contribution in [0.5, 0.6) is 5.75 Å². The lowest BCUT2D eigenvalue weighted by atomic mass is 10.1. The summed E-state index contributed by atoms with van der Waals surface area (Å²) in [5.74, 6) is 0.0742. The van der Waals surface area contributed by atoms with Crippen LogP contribution in [0.2, 0.25) is 0 Å². The minimum absolute atomic E-state index is 0.146. The van der Waals surface area contributed by atoms with Gasteiger partial charge in [-0.1, -0.05) is 18.2 Å². The fourth-order valence-corrected chi connectivity index (χ4v) is 2.71. The number of nitrogens with zero attached hydrogens (tertiary/aromatic N) is 1. The maximum Gasteiger partial charge on any atom is 0.322 e. The minimum Gasteiger partial charge on any atom is -0.489 e. The third kappa shape index (κ3) is 4.27. The normalized spacial score (nSPS) is 16.3. The van der Waals surface area contributed by atoms with Crippen molar-refractivity contribution in [1.29, 1.82) is 0 Å². The van der Waals surface area contributed by atoms with Gasteiger partial charge in [0.25, 0.3) is 5.91 Å². The van der Waals surface area contributed by atoms with Gasteiger partial charge in [-0.05, 0) is 25.5 Å². The van der Waals surface area contributed by atoms with Gasteiger partial charge in [0.05, 0.1) is 6.54 Å². The number of hydrogen-bond donors (Lipinski definition) is 3. The highest BCUT2D eigenvalue weighted by Crippen LogP contribution is 2.23. The maximum absolute atomic E-state index is 11.8. The Morgan fingerprint density at radius 2 is 2.12 bits per heavy atom. The number of urea groups is 1. The Morgan fingerprint density at radius 3 is 2.88 bits per heavy atom. The molecule has 136 valence electrons. The van der Waals surface area contributed by atoms with E-state index in [9.17, 15) is 14.4 Å². The number of aryl methyl sites for hydroxylation is 1. The van der Waals surface area contributed by atoms with Crippen LogP contribution >= 0.6 is 0 Å². The highest BCUT2D eigenvalue weighted by atomic mass is 16.5. The van der Waals surface area contributed by atoms with Gasteiger partial charge in [-0.25, -0.2) is 9.78 Å². The van der Waals surface area contributed by atoms with E-state index in [1.165, 1.54) is 0 Å². The molecule has 1 aromatic carbocycles. The highest BCUT2D eigenvalue weighted by molar-refractivity contribution is 6.04. The average molecular weight is 356 g/mol. The predicted molar refractivity (Wildman–Crippen MR) is 94.7 cm³/mol. The van der Waals surface area contributed by atoms with Crippen molar-refractivity contribution in [1.82, 2.24) is 20.9 Å². The molecule has 4 amide bonds. The smallest absolute Gasteiger partial charge is 0.322 e. The molecule has 1 fully saturated rings. The quantitative estimate of drug-likeness (QED) is 0.507. The van der Waals surface area contributed by atoms with Gasteiger partial charge in [-0.2, -0.15) is 0 Å². The third-order valence-corrected chi connectivity index (χ3v) is 4.02. The first kappa shape index (κ1) is 17.7. The number of nitrogens with one attached hydrogen (secondary N) is 3. The number of fused-ring (bicyclic) bond motifs is 1. The lowest BCUT2D eigenvalue weighted by Crippen LogP contribution is -2.33. The number of amides is 4. The summed E-state index contributed by atoms with van der Waals surface area (Å²) in [6, 6.07) is 8.48. The first-order chi connectivity index (χ1) is 12.5. The molecule has 3 rings (SSSR count). The van der Waals surface area contributed by atoms with E-state index in [0.717, 1.165) is 16.6 Å². The van der Waals surface area contributed by atoms with Gasteiger partial charge >= 0.3 is 6.03 Å². The summed E-state index contributed by atoms with van der Waals surface area (Å²) in [4.78, 5) is 38.7. The molecular weight excluding hydrogens is 336 g/mol. The summed E-state index contributed by atoms with van der Waals surface area (Å²) >= 11 is 0. The van der Waals surface area contributed by atoms with Gasteiger partial charge in [0.15, 0.2) is 0 Å². The first-order valence-electron chi connectivity index (χ1n) is 8.40. The summed E-state index contributed by atoms with van der Waals surface area (Å²) in [5, 5.41) is 8.32. The van der Waals surface area contributed by atoms with Gasteiger partial charge in [-0.15, -0.1) is 0 Å². The van der Waals surface area contributed by atoms with Gasteiger partial charge in [0.2, 0.25) is 5.91 Å². The zero-order valence-electron chi connectivity index (χ0n) is 14.4. The second-order valence-corrected chi connectivity index (χ2v) is 6.03. The van der Waals surface area contributed by atoms with Crippen molar-refractivity contribution in [2.24, 2.45) is 0 Å². The van der Waals surface area contributed by atoms with Crippen LogP contribution < -0.4 is 20.7 Å². The first-order valence-corrected chi connectivity index (χ1v) is 8.40. The largest absolute Gasteiger partial charge is 0.489 e. The van der Waals surface area contributed by atoms with Crippen LogP contribution in [-0.2, 0) is 9.59 Å². The topological polar surface area (TPSA) is 109 Å². The van der Waals surface area contributed by atoms with Crippen molar-refractivity contribution in [3.8, 4) is 5.75 Å². The Labute approximate surface area is 150 Å². The molecule has 2 aromatic rings. The molecule has 0 radical (unpaired) electrons. The molecule has 1 aliphatic heterocycles. The number of pyridine rings is 1. The SMILES string of the molecule is Cc1ccc2cccc(OCCNC(=O)CC[C@@H]3NC(=O)NC3=O)c2n1. The molecule has 0 unspecified atom stereocenters. The molecule has 0 bridgehead atoms. The Morgan fingerprint density at radius 1 is 1.27 bits per heavy atom. The van der Waals surface area contributed by atoms with Crippen LogP contribution in [0.4, 0.5) is 4.79 Å². The van der Waals surface area contributed by atoms with E-state index in [0.29, 0.717) is 18.9 Å². The van der Waals surface area contributed by atoms with Gasteiger partial charge < -0.3 is 15.4 Å². The Bertz CT molecular complexity index is 852. The van der Waals surface area contributed by atoms with E-state index in [2.05, 4.69) is 20.9 Å². The van der Waals surface area contributed by atoms with Crippen LogP contribution in [0.1, 0.15) is 18.5 Å². The van der Waals surface area contributed by atoms with Crippen LogP contribution in [0.25, 0.3) is 10.9 Å². The summed E-state index contributed by atoms with van der Waals surface area (Å²) in [7, 11) is 0. The summed E-state index contributed by atoms with van der Waals surface area (Å²) in [5.41, 5.74) is 1.70. The number of rotatable bonds is 7. The highest BCUT2D eigenvalue weighted by Gasteiger charge is 2.29. The number of benzene rings is 1. The Hall–Kier alpha value is -3.16. The van der Waals surface area contributed by atoms with Crippen molar-refractivity contribution < 1.29 is 19.1 Å². The van der Waals surface area contributed by atoms with E-state index < -0.39 is 18.0 Å². The standard InChI is InChI=1S/C18H20N4O4/c1-11-5-6-12-3-2-4-14(16(12)20-11)26-10-9-19-15(23)8-7-13-17(24)22-18(25)21-13/h2-6,13H,7-10H2,1H3,(H,19,23)(H2,21,22,24,25)/t13-/m0/s1. The Balaban J connectivity index is 1.43. The zero-order valence-corrected chi connectivity index (χ0v) is 14.4. The molecule has 8 heteroatoms. The van der Waals surface area contributed by atoms with E-state index in [-0.39, 0.29) is 18.7 Å². The molecule has 2 heterocycles. The number of carbonyl (C=O) groups is 3. The maximum atomic E-state index is 11.8. The van der Waals surface area contributed by atoms with Crippen LogP contribution in [0, 0.1) is 6.92 Å². The van der Waals surface area contributed by atoms with Gasteiger partial charge in [-0.3, -0.25) is 14.9 Å². The van der Waals surface area contributed by atoms with E-state index in [4.69, 9.17) is 4.74 Å². The van der Waals surface area contributed by atoms with Crippen LogP contribution in [0.3, 0.4) is 0 Å². The van der Waals surface area contributed by atoms with Crippen molar-refractivity contribution in [3.63, 3.8) is 0 Å². The molecule has 26 heavy (non-hydrogen) atoms. The van der Waals surface area contributed by atoms with Crippen molar-refractivity contribution in [2.45, 2.75) is 25.8 Å². The third-order valence-electron chi connectivity index (χ3n) is 4.02. The lowest BCUT2D eigenvalue weighted by molar-refractivity contribution is -0.122. The zero-order chi connectivity index (χ0) is 18.5. The number of imide groups is 1. The molecule has 3 N–H and O–H groups in total. The van der Waals surface area contributed by atoms with Crippen LogP contribution in [0.15, 0.2) is 30.3 Å². The molecule has 0 saturated carbocycles. The molecule has 8 nitrogen and oxygen atoms in total. The second-order valence-electron chi connectivity index (χ2n) is 6.03. The number of ether oxygens (including phenoxy) is 1. The molecular formula is C18H20N4O4. The van der Waals surface area contributed by atoms with Gasteiger partial charge in [0, 0.05) is 17.5 Å². The molecule has 1 aromatic heterocycles. The van der Waals surface area contributed by atoms with E-state index in [1.807, 2.05) is 37.3 Å². The van der Waals surface area contributed by atoms with Crippen molar-refractivity contribution in [3.05, 3.63) is 36.0 Å². The number of aromatic nitrogens is 1. The molecule has 0 spiro atoms. The second kappa shape index (κ2) is 7.81. The average Bonchev–Trinajstić information content (AvgIpc) is 2.94. The molecule has 1 aliphatic rings.